The molecule has 4 rings (SSSR count). The molecule has 0 fully saturated rings. The molecule has 0 unspecified atom stereocenters. The first kappa shape index (κ1) is 20.1. The summed E-state index contributed by atoms with van der Waals surface area (Å²) >= 11 is 0. The van der Waals surface area contributed by atoms with Gasteiger partial charge in [-0.3, -0.25) is 9.78 Å². The number of carbonyl (C=O) groups is 1. The molecule has 8 heteroatoms. The van der Waals surface area contributed by atoms with Crippen LogP contribution in [0.25, 0.3) is 22.2 Å². The van der Waals surface area contributed by atoms with Crippen molar-refractivity contribution in [2.75, 3.05) is 31.9 Å². The third-order valence-electron chi connectivity index (χ3n) is 4.76. The first-order chi connectivity index (χ1) is 15.1. The summed E-state index contributed by atoms with van der Waals surface area (Å²) in [6.45, 7) is 0. The fraction of sp³-hybridized carbons (Fsp3) is 0.130. The predicted octanol–water partition coefficient (Wildman–Crippen LogP) is 4.00. The van der Waals surface area contributed by atoms with Gasteiger partial charge in [0.1, 0.15) is 0 Å². The maximum atomic E-state index is 12.5. The minimum atomic E-state index is -0.214. The molecule has 2 N–H and O–H groups in total. The fourth-order valence-corrected chi connectivity index (χ4v) is 3.24. The summed E-state index contributed by atoms with van der Waals surface area (Å²) in [4.78, 5) is 25.7. The van der Waals surface area contributed by atoms with Gasteiger partial charge in [0.25, 0.3) is 5.91 Å². The number of amides is 1. The Morgan fingerprint density at radius 3 is 2.39 bits per heavy atom. The highest BCUT2D eigenvalue weighted by molar-refractivity contribution is 6.04. The number of pyridine rings is 1. The minimum Gasteiger partial charge on any atom is -0.493 e. The average molecular weight is 415 g/mol. The van der Waals surface area contributed by atoms with E-state index in [-0.39, 0.29) is 5.91 Å². The van der Waals surface area contributed by atoms with Crippen molar-refractivity contribution in [1.82, 2.24) is 15.0 Å². The molecular weight excluding hydrogens is 394 g/mol. The Morgan fingerprint density at radius 1 is 0.935 bits per heavy atom. The van der Waals surface area contributed by atoms with Crippen LogP contribution in [0.3, 0.4) is 0 Å². The Morgan fingerprint density at radius 2 is 1.68 bits per heavy atom. The highest BCUT2D eigenvalue weighted by Crippen LogP contribution is 2.36. The third-order valence-corrected chi connectivity index (χ3v) is 4.76. The molecule has 2 aromatic heterocycles. The number of nitrogens with one attached hydrogen (secondary N) is 2. The molecule has 0 aliphatic rings. The van der Waals surface area contributed by atoms with Gasteiger partial charge in [-0.15, -0.1) is 0 Å². The van der Waals surface area contributed by atoms with E-state index in [9.17, 15) is 4.79 Å². The van der Waals surface area contributed by atoms with E-state index in [1.807, 2.05) is 36.4 Å². The van der Waals surface area contributed by atoms with Gasteiger partial charge in [-0.05, 0) is 30.3 Å². The quantitative estimate of drug-likeness (QED) is 0.491. The summed E-state index contributed by atoms with van der Waals surface area (Å²) in [5.74, 6) is 1.43. The molecule has 0 atom stereocenters. The van der Waals surface area contributed by atoms with Crippen molar-refractivity contribution < 1.29 is 14.3 Å². The highest BCUT2D eigenvalue weighted by Gasteiger charge is 2.15. The molecule has 4 aromatic rings. The number of methoxy groups -OCH3 is 2. The lowest BCUT2D eigenvalue weighted by Gasteiger charge is -2.13. The maximum absolute atomic E-state index is 12.5. The molecule has 1 amide bonds. The van der Waals surface area contributed by atoms with Crippen LogP contribution in [0.5, 0.6) is 11.5 Å². The largest absolute Gasteiger partial charge is 0.493 e. The van der Waals surface area contributed by atoms with Crippen LogP contribution in [-0.2, 0) is 0 Å². The van der Waals surface area contributed by atoms with Crippen molar-refractivity contribution in [1.29, 1.82) is 0 Å². The first-order valence-electron chi connectivity index (χ1n) is 9.56. The number of aromatic nitrogens is 3. The standard InChI is InChI=1S/C23H21N5O3/c1-24-23-27-18-13-20(31-3)19(30-2)12-17(18)21(28-23)15-5-4-6-16(11-15)26-22(29)14-7-9-25-10-8-14/h4-13H,1-3H3,(H,26,29)(H,24,27,28). The molecule has 0 radical (unpaired) electrons. The normalized spacial score (nSPS) is 10.5. The second-order valence-corrected chi connectivity index (χ2v) is 6.64. The summed E-state index contributed by atoms with van der Waals surface area (Å²) in [5, 5.41) is 6.71. The Balaban J connectivity index is 1.79. The molecule has 0 aliphatic carbocycles. The lowest BCUT2D eigenvalue weighted by atomic mass is 10.0. The van der Waals surface area contributed by atoms with Crippen molar-refractivity contribution in [3.05, 3.63) is 66.5 Å². The minimum absolute atomic E-state index is 0.214. The van der Waals surface area contributed by atoms with E-state index in [4.69, 9.17) is 9.47 Å². The van der Waals surface area contributed by atoms with Crippen LogP contribution in [0.2, 0.25) is 0 Å². The number of benzene rings is 2. The molecule has 0 bridgehead atoms. The van der Waals surface area contributed by atoms with Gasteiger partial charge < -0.3 is 20.1 Å². The number of nitrogens with zero attached hydrogens (tertiary/aromatic N) is 3. The number of fused-ring (bicyclic) bond motifs is 1. The van der Waals surface area contributed by atoms with Gasteiger partial charge in [-0.1, -0.05) is 12.1 Å². The number of hydrogen-bond acceptors (Lipinski definition) is 7. The smallest absolute Gasteiger partial charge is 0.255 e. The molecule has 0 spiro atoms. The van der Waals surface area contributed by atoms with E-state index in [1.54, 1.807) is 45.8 Å². The Hall–Kier alpha value is -4.20. The Kier molecular flexibility index (Phi) is 5.61. The van der Waals surface area contributed by atoms with Crippen molar-refractivity contribution in [3.63, 3.8) is 0 Å². The van der Waals surface area contributed by atoms with E-state index in [1.165, 1.54) is 0 Å². The maximum Gasteiger partial charge on any atom is 0.255 e. The third kappa shape index (κ3) is 4.09. The number of rotatable bonds is 6. The van der Waals surface area contributed by atoms with Crippen molar-refractivity contribution in [2.24, 2.45) is 0 Å². The molecule has 0 saturated heterocycles. The molecule has 0 aliphatic heterocycles. The average Bonchev–Trinajstić information content (AvgIpc) is 2.83. The number of anilines is 2. The summed E-state index contributed by atoms with van der Waals surface area (Å²) < 4.78 is 10.9. The molecular formula is C23H21N5O3. The SMILES string of the molecule is CNc1nc(-c2cccc(NC(=O)c3ccncc3)c2)c2cc(OC)c(OC)cc2n1. The van der Waals surface area contributed by atoms with Gasteiger partial charge in [0.05, 0.1) is 25.4 Å². The fourth-order valence-electron chi connectivity index (χ4n) is 3.24. The van der Waals surface area contributed by atoms with Crippen LogP contribution in [0.15, 0.2) is 60.9 Å². The second kappa shape index (κ2) is 8.66. The van der Waals surface area contributed by atoms with Crippen molar-refractivity contribution in [2.45, 2.75) is 0 Å². The van der Waals surface area contributed by atoms with Crippen LogP contribution in [-0.4, -0.2) is 42.1 Å². The predicted molar refractivity (Wildman–Crippen MR) is 120 cm³/mol. The van der Waals surface area contributed by atoms with Crippen LogP contribution in [0.4, 0.5) is 11.6 Å². The van der Waals surface area contributed by atoms with Gasteiger partial charge in [-0.2, -0.15) is 0 Å². The van der Waals surface area contributed by atoms with E-state index in [0.717, 1.165) is 10.9 Å². The summed E-state index contributed by atoms with van der Waals surface area (Å²) in [7, 11) is 4.93. The van der Waals surface area contributed by atoms with E-state index in [2.05, 4.69) is 25.6 Å². The topological polar surface area (TPSA) is 98.3 Å². The molecule has 0 saturated carbocycles. The van der Waals surface area contributed by atoms with Crippen molar-refractivity contribution in [3.8, 4) is 22.8 Å². The van der Waals surface area contributed by atoms with Gasteiger partial charge in [0, 0.05) is 47.7 Å². The molecule has 2 heterocycles. The van der Waals surface area contributed by atoms with E-state index in [0.29, 0.717) is 39.9 Å². The zero-order valence-electron chi connectivity index (χ0n) is 17.3. The Bertz CT molecular complexity index is 1240. The Labute approximate surface area is 179 Å². The summed E-state index contributed by atoms with van der Waals surface area (Å²) in [6, 6.07) is 14.5. The monoisotopic (exact) mass is 415 g/mol. The number of hydrogen-bond donors (Lipinski definition) is 2. The summed E-state index contributed by atoms with van der Waals surface area (Å²) in [6.07, 6.45) is 3.17. The molecule has 2 aromatic carbocycles. The highest BCUT2D eigenvalue weighted by atomic mass is 16.5. The van der Waals surface area contributed by atoms with Crippen LogP contribution < -0.4 is 20.1 Å². The van der Waals surface area contributed by atoms with Gasteiger partial charge in [0.15, 0.2) is 11.5 Å². The lowest BCUT2D eigenvalue weighted by Crippen LogP contribution is -2.11. The van der Waals surface area contributed by atoms with Gasteiger partial charge in [0.2, 0.25) is 5.95 Å². The first-order valence-corrected chi connectivity index (χ1v) is 9.56. The number of ether oxygens (including phenoxy) is 2. The van der Waals surface area contributed by atoms with E-state index < -0.39 is 0 Å². The molecule has 31 heavy (non-hydrogen) atoms. The zero-order valence-corrected chi connectivity index (χ0v) is 17.3. The van der Waals surface area contributed by atoms with E-state index >= 15 is 0 Å². The van der Waals surface area contributed by atoms with Crippen LogP contribution >= 0.6 is 0 Å². The van der Waals surface area contributed by atoms with Gasteiger partial charge in [-0.25, -0.2) is 9.97 Å². The number of carbonyl (C=O) groups excluding carboxylic acids is 1. The van der Waals surface area contributed by atoms with Crippen LogP contribution in [0, 0.1) is 0 Å². The summed E-state index contributed by atoms with van der Waals surface area (Å²) in [5.41, 5.74) is 3.41. The second-order valence-electron chi connectivity index (χ2n) is 6.64. The van der Waals surface area contributed by atoms with Crippen molar-refractivity contribution >= 4 is 28.4 Å². The zero-order chi connectivity index (χ0) is 21.8. The lowest BCUT2D eigenvalue weighted by molar-refractivity contribution is 0.102. The van der Waals surface area contributed by atoms with Gasteiger partial charge >= 0.3 is 0 Å². The van der Waals surface area contributed by atoms with Crippen LogP contribution in [0.1, 0.15) is 10.4 Å². The molecule has 156 valence electrons. The molecule has 8 nitrogen and oxygen atoms in total.